The fraction of sp³-hybridized carbons (Fsp3) is 0.0698. The predicted octanol–water partition coefficient (Wildman–Crippen LogP) is 22.4. The summed E-state index contributed by atoms with van der Waals surface area (Å²) in [5.74, 6) is 0.0450. The highest BCUT2D eigenvalue weighted by atomic mass is 16.3. The van der Waals surface area contributed by atoms with E-state index < -0.39 is 5.41 Å². The van der Waals surface area contributed by atoms with E-state index in [1.165, 1.54) is 94.2 Å². The number of hydrogen-bond donors (Lipinski definition) is 0. The maximum Gasteiger partial charge on any atom is 0.145 e. The van der Waals surface area contributed by atoms with Gasteiger partial charge >= 0.3 is 0 Å². The summed E-state index contributed by atoms with van der Waals surface area (Å²) in [6.07, 6.45) is 0.836. The van der Waals surface area contributed by atoms with Gasteiger partial charge in [0, 0.05) is 38.4 Å². The Morgan fingerprint density at radius 3 is 1.67 bits per heavy atom. The zero-order valence-electron chi connectivity index (χ0n) is 49.0. The molecule has 0 saturated carbocycles. The predicted molar refractivity (Wildman–Crippen MR) is 367 cm³/mol. The van der Waals surface area contributed by atoms with Gasteiger partial charge in [-0.25, -0.2) is 0 Å². The number of rotatable bonds is 9. The van der Waals surface area contributed by atoms with E-state index in [0.717, 1.165) is 77.8 Å². The Morgan fingerprint density at radius 2 is 0.920 bits per heavy atom. The Morgan fingerprint density at radius 1 is 0.364 bits per heavy atom. The smallest absolute Gasteiger partial charge is 0.145 e. The van der Waals surface area contributed by atoms with Crippen LogP contribution in [0.2, 0.25) is 0 Å². The van der Waals surface area contributed by atoms with Crippen LogP contribution in [0.4, 0.5) is 0 Å². The first-order valence-electron chi connectivity index (χ1n) is 31.0. The van der Waals surface area contributed by atoms with E-state index >= 15 is 0 Å². The van der Waals surface area contributed by atoms with Crippen molar-refractivity contribution in [1.29, 1.82) is 0 Å². The number of nitrogens with zero attached hydrogens (tertiary/aromatic N) is 1. The van der Waals surface area contributed by atoms with Crippen molar-refractivity contribution in [3.63, 3.8) is 0 Å². The van der Waals surface area contributed by atoms with E-state index in [1.54, 1.807) is 0 Å². The molecule has 18 rings (SSSR count). The minimum atomic E-state index is -0.635. The highest BCUT2D eigenvalue weighted by molar-refractivity contribution is 6.26. The number of hydrogen-bond acceptors (Lipinski definition) is 1. The molecule has 2 aromatic heterocycles. The van der Waals surface area contributed by atoms with E-state index in [1.807, 2.05) is 0 Å². The highest BCUT2D eigenvalue weighted by Gasteiger charge is 2.48. The summed E-state index contributed by atoms with van der Waals surface area (Å²) in [5.41, 5.74) is 26.0. The summed E-state index contributed by atoms with van der Waals surface area (Å²) in [4.78, 5) is 0. The van der Waals surface area contributed by atoms with Crippen LogP contribution >= 0.6 is 0 Å². The van der Waals surface area contributed by atoms with Crippen LogP contribution in [0.1, 0.15) is 69.8 Å². The zero-order valence-corrected chi connectivity index (χ0v) is 49.0. The van der Waals surface area contributed by atoms with Crippen LogP contribution in [-0.4, -0.2) is 4.57 Å². The lowest BCUT2D eigenvalue weighted by Crippen LogP contribution is -2.29. The molecular weight excluding hydrogens is 1060 g/mol. The van der Waals surface area contributed by atoms with Gasteiger partial charge in [0.25, 0.3) is 0 Å². The SMILES string of the molecule is CC1(C)c2ccccc2-c2ccc(CC(c3ccc(-c4ccccc4)cc3)c3ccc4c5ccccc5n(-c5cc6ccccc6c6oc7c(-c8cccc9c8C(c8ccccc8)(c8ccccc8)c8ccccc8-9)c8ccccc8cc7c56)c4c3)cc21. The minimum absolute atomic E-state index is 0.0450. The van der Waals surface area contributed by atoms with Crippen molar-refractivity contribution in [2.75, 3.05) is 0 Å². The van der Waals surface area contributed by atoms with Gasteiger partial charge in [-0.3, -0.25) is 0 Å². The molecule has 0 saturated heterocycles. The minimum Gasteiger partial charge on any atom is -0.455 e. The van der Waals surface area contributed by atoms with Crippen molar-refractivity contribution >= 4 is 65.3 Å². The van der Waals surface area contributed by atoms with Crippen molar-refractivity contribution in [3.05, 3.63) is 353 Å². The molecule has 0 bridgehead atoms. The lowest BCUT2D eigenvalue weighted by Gasteiger charge is -2.35. The van der Waals surface area contributed by atoms with Crippen molar-refractivity contribution in [1.82, 2.24) is 4.57 Å². The first-order chi connectivity index (χ1) is 43.4. The molecule has 1 atom stereocenters. The van der Waals surface area contributed by atoms with Crippen LogP contribution in [0.25, 0.3) is 115 Å². The maximum absolute atomic E-state index is 7.82. The summed E-state index contributed by atoms with van der Waals surface area (Å²) in [6, 6.07) is 114. The molecule has 414 valence electrons. The van der Waals surface area contributed by atoms with Crippen LogP contribution in [0.15, 0.2) is 308 Å². The Bertz CT molecular complexity index is 5450. The molecule has 0 fully saturated rings. The van der Waals surface area contributed by atoms with Crippen LogP contribution in [-0.2, 0) is 17.3 Å². The molecule has 0 spiro atoms. The number of para-hydroxylation sites is 1. The average molecular weight is 1120 g/mol. The molecule has 2 heterocycles. The van der Waals surface area contributed by atoms with Crippen LogP contribution < -0.4 is 0 Å². The molecule has 0 radical (unpaired) electrons. The average Bonchev–Trinajstić information content (AvgIpc) is 1.53. The van der Waals surface area contributed by atoms with Crippen LogP contribution in [0.3, 0.4) is 0 Å². The second kappa shape index (κ2) is 19.4. The van der Waals surface area contributed by atoms with Crippen molar-refractivity contribution in [3.8, 4) is 50.2 Å². The number of fused-ring (bicyclic) bond motifs is 15. The molecule has 16 aromatic rings. The molecule has 0 amide bonds. The lowest BCUT2D eigenvalue weighted by molar-refractivity contribution is 0.658. The second-order valence-electron chi connectivity index (χ2n) is 25.0. The van der Waals surface area contributed by atoms with Crippen molar-refractivity contribution < 1.29 is 4.42 Å². The molecule has 2 aliphatic rings. The van der Waals surface area contributed by atoms with Gasteiger partial charge in [0.15, 0.2) is 0 Å². The number of aromatic nitrogens is 1. The first-order valence-corrected chi connectivity index (χ1v) is 31.0. The molecule has 2 heteroatoms. The first kappa shape index (κ1) is 50.5. The van der Waals surface area contributed by atoms with Gasteiger partial charge < -0.3 is 8.98 Å². The largest absolute Gasteiger partial charge is 0.455 e. The monoisotopic (exact) mass is 1120 g/mol. The van der Waals surface area contributed by atoms with E-state index in [-0.39, 0.29) is 11.3 Å². The topological polar surface area (TPSA) is 18.1 Å². The van der Waals surface area contributed by atoms with Gasteiger partial charge in [0.05, 0.1) is 27.5 Å². The van der Waals surface area contributed by atoms with E-state index in [9.17, 15) is 0 Å². The van der Waals surface area contributed by atoms with Gasteiger partial charge in [-0.2, -0.15) is 0 Å². The summed E-state index contributed by atoms with van der Waals surface area (Å²) >= 11 is 0. The third kappa shape index (κ3) is 7.30. The Balaban J connectivity index is 0.894. The Labute approximate surface area is 511 Å². The van der Waals surface area contributed by atoms with E-state index in [4.69, 9.17) is 4.42 Å². The summed E-state index contributed by atoms with van der Waals surface area (Å²) in [5, 5.41) is 9.13. The number of furan rings is 1. The number of benzene rings is 14. The Hall–Kier alpha value is -10.8. The highest BCUT2D eigenvalue weighted by Crippen LogP contribution is 2.60. The normalized spacial score (nSPS) is 14.0. The quantitative estimate of drug-likeness (QED) is 0.141. The standard InChI is InChI=1S/C86H59NO/c1-85(2)74-38-19-16-33-65(74)67-47-41-54(50-76(67)85)49-72(57-44-42-56(43-45-57)55-23-6-3-7-24-55)60-46-48-69-68-35-18-21-40-77(68)87(78(69)52-60)79-53-59-26-13-15-32-64(59)83-81(79)73-51-58-25-12-14-31-63(58)80(84(73)88-83)71-37-22-36-70-66-34-17-20-39-75(66)86(82(70)71,61-27-8-4-9-28-61)62-29-10-5-11-30-62/h3-48,50-53,72H,49H2,1-2H3. The lowest BCUT2D eigenvalue weighted by atomic mass is 9.66. The van der Waals surface area contributed by atoms with E-state index in [2.05, 4.69) is 322 Å². The van der Waals surface area contributed by atoms with Gasteiger partial charge in [0.2, 0.25) is 0 Å². The molecule has 2 nitrogen and oxygen atoms in total. The summed E-state index contributed by atoms with van der Waals surface area (Å²) < 4.78 is 10.4. The molecule has 2 aliphatic carbocycles. The van der Waals surface area contributed by atoms with Crippen molar-refractivity contribution in [2.45, 2.75) is 37.0 Å². The molecule has 88 heavy (non-hydrogen) atoms. The Kier molecular flexibility index (Phi) is 11.1. The molecule has 1 unspecified atom stereocenters. The zero-order chi connectivity index (χ0) is 58.2. The fourth-order valence-corrected chi connectivity index (χ4v) is 16.1. The van der Waals surface area contributed by atoms with Gasteiger partial charge in [-0.1, -0.05) is 293 Å². The maximum atomic E-state index is 7.82. The second-order valence-corrected chi connectivity index (χ2v) is 25.0. The van der Waals surface area contributed by atoms with Gasteiger partial charge in [-0.05, 0) is 136 Å². The van der Waals surface area contributed by atoms with Crippen molar-refractivity contribution in [2.24, 2.45) is 0 Å². The summed E-state index contributed by atoms with van der Waals surface area (Å²) in [6.45, 7) is 4.78. The molecule has 14 aromatic carbocycles. The van der Waals surface area contributed by atoms with E-state index in [0.29, 0.717) is 0 Å². The molecule has 0 aliphatic heterocycles. The van der Waals surface area contributed by atoms with Crippen LogP contribution in [0, 0.1) is 0 Å². The fourth-order valence-electron chi connectivity index (χ4n) is 16.1. The van der Waals surface area contributed by atoms with Gasteiger partial charge in [0.1, 0.15) is 11.2 Å². The molecule has 0 N–H and O–H groups in total. The third-order valence-electron chi connectivity index (χ3n) is 20.0. The third-order valence-corrected chi connectivity index (χ3v) is 20.0. The van der Waals surface area contributed by atoms with Crippen LogP contribution in [0.5, 0.6) is 0 Å². The van der Waals surface area contributed by atoms with Gasteiger partial charge in [-0.15, -0.1) is 0 Å². The molecular formula is C86H59NO. The summed E-state index contributed by atoms with van der Waals surface area (Å²) in [7, 11) is 0.